The van der Waals surface area contributed by atoms with Crippen LogP contribution in [0.4, 0.5) is 0 Å². The van der Waals surface area contributed by atoms with E-state index in [1.807, 2.05) is 0 Å². The molecule has 3 nitrogen and oxygen atoms in total. The van der Waals surface area contributed by atoms with Gasteiger partial charge in [0.2, 0.25) is 0 Å². The summed E-state index contributed by atoms with van der Waals surface area (Å²) in [5, 5.41) is 3.55. The molecule has 0 aliphatic carbocycles. The number of hydrogen-bond acceptors (Lipinski definition) is 2. The highest BCUT2D eigenvalue weighted by Gasteiger charge is 2.48. The normalized spacial score (nSPS) is 13.2. The summed E-state index contributed by atoms with van der Waals surface area (Å²) in [6.07, 6.45) is 2.12. The third-order valence-corrected chi connectivity index (χ3v) is 10.8. The molecule has 0 unspecified atom stereocenters. The highest BCUT2D eigenvalue weighted by Crippen LogP contribution is 2.56. The van der Waals surface area contributed by atoms with Crippen LogP contribution in [0.3, 0.4) is 0 Å². The van der Waals surface area contributed by atoms with Crippen LogP contribution >= 0.6 is 0 Å². The SMILES string of the molecule is Cc1ccc2c(C)c(C3(n4c5ccc(-c6ccccc6)cc5c5cc(-c6ccccc6)ccc54)c4ccccc4Oc4ccccc43)cnc2c1. The standard InChI is InChI=1S/C48H34N2O/c1-31-21-24-37-32(2)42(30-49-43(37)27-31)48(40-17-9-11-19-46(40)51-47-20-12-10-18-41(47)48)50-44-25-22-35(33-13-5-3-6-14-33)28-38(44)39-29-36(23-26-45(39)50)34-15-7-4-8-16-34/h3-30H,1-2H3. The Bertz CT molecular complexity index is 2650. The molecule has 10 rings (SSSR count). The second-order valence-corrected chi connectivity index (χ2v) is 13.7. The van der Waals surface area contributed by atoms with Gasteiger partial charge in [-0.3, -0.25) is 4.98 Å². The number of fused-ring (bicyclic) bond motifs is 6. The third kappa shape index (κ3) is 4.34. The molecule has 0 N–H and O–H groups in total. The summed E-state index contributed by atoms with van der Waals surface area (Å²) in [5.74, 6) is 1.69. The van der Waals surface area contributed by atoms with E-state index < -0.39 is 5.54 Å². The summed E-state index contributed by atoms with van der Waals surface area (Å²) < 4.78 is 9.31. The van der Waals surface area contributed by atoms with Crippen molar-refractivity contribution in [1.29, 1.82) is 0 Å². The van der Waals surface area contributed by atoms with Gasteiger partial charge in [0.1, 0.15) is 17.0 Å². The van der Waals surface area contributed by atoms with Crippen molar-refractivity contribution < 1.29 is 4.74 Å². The molecule has 7 aromatic carbocycles. The fourth-order valence-electron chi connectivity index (χ4n) is 8.44. The number of nitrogens with zero attached hydrogens (tertiary/aromatic N) is 2. The van der Waals surface area contributed by atoms with Crippen molar-refractivity contribution >= 4 is 32.7 Å². The molecular weight excluding hydrogens is 621 g/mol. The molecule has 0 atom stereocenters. The fourth-order valence-corrected chi connectivity index (χ4v) is 8.44. The number of aryl methyl sites for hydroxylation is 2. The van der Waals surface area contributed by atoms with Gasteiger partial charge in [-0.1, -0.05) is 121 Å². The van der Waals surface area contributed by atoms with Gasteiger partial charge in [-0.15, -0.1) is 0 Å². The molecule has 51 heavy (non-hydrogen) atoms. The Kier molecular flexibility index (Phi) is 6.53. The minimum atomic E-state index is -0.815. The second-order valence-electron chi connectivity index (χ2n) is 13.7. The highest BCUT2D eigenvalue weighted by atomic mass is 16.5. The van der Waals surface area contributed by atoms with Crippen LogP contribution in [0.5, 0.6) is 11.5 Å². The van der Waals surface area contributed by atoms with E-state index in [0.29, 0.717) is 0 Å². The van der Waals surface area contributed by atoms with Gasteiger partial charge in [0.15, 0.2) is 0 Å². The predicted molar refractivity (Wildman–Crippen MR) is 210 cm³/mol. The second kappa shape index (κ2) is 11.3. The summed E-state index contributed by atoms with van der Waals surface area (Å²) in [4.78, 5) is 5.19. The Hall–Kier alpha value is -6.45. The van der Waals surface area contributed by atoms with E-state index in [0.717, 1.165) is 50.1 Å². The first-order chi connectivity index (χ1) is 25.1. The van der Waals surface area contributed by atoms with Crippen LogP contribution in [-0.4, -0.2) is 9.55 Å². The lowest BCUT2D eigenvalue weighted by molar-refractivity contribution is 0.399. The lowest BCUT2D eigenvalue weighted by Gasteiger charge is -2.43. The summed E-state index contributed by atoms with van der Waals surface area (Å²) in [5.41, 5.74) is 12.9. The van der Waals surface area contributed by atoms with Crippen molar-refractivity contribution in [1.82, 2.24) is 9.55 Å². The van der Waals surface area contributed by atoms with Crippen LogP contribution in [0.2, 0.25) is 0 Å². The number of hydrogen-bond donors (Lipinski definition) is 0. The van der Waals surface area contributed by atoms with E-state index in [-0.39, 0.29) is 0 Å². The van der Waals surface area contributed by atoms with Gasteiger partial charge in [0.05, 0.1) is 16.6 Å². The summed E-state index contributed by atoms with van der Waals surface area (Å²) in [6.45, 7) is 4.38. The molecule has 0 saturated heterocycles. The quantitative estimate of drug-likeness (QED) is 0.189. The van der Waals surface area contributed by atoms with E-state index in [1.54, 1.807) is 0 Å². The van der Waals surface area contributed by atoms with Crippen molar-refractivity contribution in [2.75, 3.05) is 0 Å². The van der Waals surface area contributed by atoms with E-state index >= 15 is 0 Å². The molecule has 0 spiro atoms. The van der Waals surface area contributed by atoms with Crippen LogP contribution in [0.15, 0.2) is 170 Å². The maximum atomic E-state index is 6.74. The van der Waals surface area contributed by atoms with Gasteiger partial charge >= 0.3 is 0 Å². The number of para-hydroxylation sites is 2. The van der Waals surface area contributed by atoms with E-state index in [1.165, 1.54) is 44.2 Å². The largest absolute Gasteiger partial charge is 0.457 e. The van der Waals surface area contributed by atoms with Crippen molar-refractivity contribution in [3.05, 3.63) is 198 Å². The summed E-state index contributed by atoms with van der Waals surface area (Å²) >= 11 is 0. The van der Waals surface area contributed by atoms with Gasteiger partial charge in [0, 0.05) is 39.0 Å². The maximum Gasteiger partial charge on any atom is 0.133 e. The Morgan fingerprint density at radius 3 is 1.57 bits per heavy atom. The molecular formula is C48H34N2O. The zero-order valence-corrected chi connectivity index (χ0v) is 28.5. The maximum absolute atomic E-state index is 6.74. The lowest BCUT2D eigenvalue weighted by atomic mass is 9.73. The van der Waals surface area contributed by atoms with Gasteiger partial charge in [-0.2, -0.15) is 0 Å². The smallest absolute Gasteiger partial charge is 0.133 e. The molecule has 3 heteroatoms. The van der Waals surface area contributed by atoms with Crippen LogP contribution in [-0.2, 0) is 5.54 Å². The van der Waals surface area contributed by atoms with Crippen molar-refractivity contribution in [3.63, 3.8) is 0 Å². The first-order valence-electron chi connectivity index (χ1n) is 17.5. The Labute approximate surface area is 297 Å². The molecule has 0 amide bonds. The number of rotatable bonds is 4. The molecule has 9 aromatic rings. The van der Waals surface area contributed by atoms with E-state index in [2.05, 4.69) is 188 Å². The number of benzene rings is 7. The van der Waals surface area contributed by atoms with Crippen molar-refractivity contribution in [2.45, 2.75) is 19.4 Å². The summed E-state index contributed by atoms with van der Waals surface area (Å²) in [6, 6.07) is 58.9. The highest BCUT2D eigenvalue weighted by molar-refractivity contribution is 6.11. The molecule has 242 valence electrons. The first-order valence-corrected chi connectivity index (χ1v) is 17.5. The average molecular weight is 655 g/mol. The van der Waals surface area contributed by atoms with Crippen LogP contribution in [0, 0.1) is 13.8 Å². The molecule has 2 aromatic heterocycles. The zero-order valence-electron chi connectivity index (χ0n) is 28.5. The Morgan fingerprint density at radius 1 is 0.471 bits per heavy atom. The Balaban J connectivity index is 1.41. The summed E-state index contributed by atoms with van der Waals surface area (Å²) in [7, 11) is 0. The minimum Gasteiger partial charge on any atom is -0.457 e. The van der Waals surface area contributed by atoms with Crippen LogP contribution in [0.25, 0.3) is 55.0 Å². The molecule has 1 aliphatic heterocycles. The van der Waals surface area contributed by atoms with Crippen LogP contribution in [0.1, 0.15) is 27.8 Å². The van der Waals surface area contributed by atoms with Crippen molar-refractivity contribution in [3.8, 4) is 33.8 Å². The minimum absolute atomic E-state index is 0.815. The Morgan fingerprint density at radius 2 is 1.00 bits per heavy atom. The van der Waals surface area contributed by atoms with Gasteiger partial charge in [0.25, 0.3) is 0 Å². The predicted octanol–water partition coefficient (Wildman–Crippen LogP) is 12.2. The number of ether oxygens (including phenoxy) is 1. The van der Waals surface area contributed by atoms with Gasteiger partial charge in [-0.05, 0) is 89.7 Å². The molecule has 0 fully saturated rings. The molecule has 0 radical (unpaired) electrons. The molecule has 0 bridgehead atoms. The first kappa shape index (κ1) is 29.5. The molecule has 1 aliphatic rings. The topological polar surface area (TPSA) is 27.1 Å². The number of aromatic nitrogens is 2. The monoisotopic (exact) mass is 654 g/mol. The van der Waals surface area contributed by atoms with Crippen LogP contribution < -0.4 is 4.74 Å². The molecule has 3 heterocycles. The third-order valence-electron chi connectivity index (χ3n) is 10.8. The van der Waals surface area contributed by atoms with Crippen molar-refractivity contribution in [2.24, 2.45) is 0 Å². The van der Waals surface area contributed by atoms with Gasteiger partial charge in [-0.25, -0.2) is 0 Å². The average Bonchev–Trinajstić information content (AvgIpc) is 3.51. The zero-order chi connectivity index (χ0) is 34.1. The number of pyridine rings is 1. The fraction of sp³-hybridized carbons (Fsp3) is 0.0625. The molecule has 0 saturated carbocycles. The van der Waals surface area contributed by atoms with E-state index in [4.69, 9.17) is 9.72 Å². The van der Waals surface area contributed by atoms with Gasteiger partial charge < -0.3 is 9.30 Å². The van der Waals surface area contributed by atoms with E-state index in [9.17, 15) is 0 Å². The lowest BCUT2D eigenvalue weighted by Crippen LogP contribution is -2.40.